The Labute approximate surface area is 52.6 Å². The molecule has 0 aromatic heterocycles. The van der Waals surface area contributed by atoms with E-state index in [1.165, 1.54) is 0 Å². The molecule has 0 radical (unpaired) electrons. The van der Waals surface area contributed by atoms with Crippen molar-refractivity contribution in [1.82, 2.24) is 10.6 Å². The zero-order valence-corrected chi connectivity index (χ0v) is 4.94. The molecule has 0 aromatic carbocycles. The number of hydrogen-bond acceptors (Lipinski definition) is 3. The first-order chi connectivity index (χ1) is 4.31. The van der Waals surface area contributed by atoms with Crippen LogP contribution in [0.1, 0.15) is 0 Å². The van der Waals surface area contributed by atoms with E-state index in [4.69, 9.17) is 4.74 Å². The first kappa shape index (κ1) is 5.05. The zero-order valence-electron chi connectivity index (χ0n) is 4.94. The lowest BCUT2D eigenvalue weighted by Gasteiger charge is -2.36. The van der Waals surface area contributed by atoms with Crippen molar-refractivity contribution >= 4 is 6.09 Å². The predicted molar refractivity (Wildman–Crippen MR) is 30.1 cm³/mol. The van der Waals surface area contributed by atoms with Crippen molar-refractivity contribution < 1.29 is 9.53 Å². The Morgan fingerprint density at radius 1 is 1.56 bits per heavy atom. The van der Waals surface area contributed by atoms with Gasteiger partial charge in [-0.3, -0.25) is 0 Å². The molecule has 2 rings (SSSR count). The number of ether oxygens (including phenoxy) is 1. The summed E-state index contributed by atoms with van der Waals surface area (Å²) in [7, 11) is 0. The molecular weight excluding hydrogens is 120 g/mol. The average molecular weight is 128 g/mol. The minimum absolute atomic E-state index is 0.0446. The molecule has 0 aromatic rings. The Bertz CT molecular complexity index is 153. The van der Waals surface area contributed by atoms with Gasteiger partial charge in [0.2, 0.25) is 0 Å². The summed E-state index contributed by atoms with van der Waals surface area (Å²) >= 11 is 0. The van der Waals surface area contributed by atoms with Gasteiger partial charge >= 0.3 is 6.09 Å². The Kier molecular flexibility index (Phi) is 0.778. The Morgan fingerprint density at radius 2 is 2.33 bits per heavy atom. The normalized spacial score (nSPS) is 29.1. The fourth-order valence-electron chi connectivity index (χ4n) is 1.11. The minimum Gasteiger partial charge on any atom is -0.447 e. The summed E-state index contributed by atoms with van der Waals surface area (Å²) < 4.78 is 4.72. The lowest BCUT2D eigenvalue weighted by atomic mass is 9.95. The third-order valence-corrected chi connectivity index (χ3v) is 1.77. The van der Waals surface area contributed by atoms with Gasteiger partial charge in [0.05, 0.1) is 0 Å². The van der Waals surface area contributed by atoms with Crippen LogP contribution < -0.4 is 10.6 Å². The fraction of sp³-hybridized carbons (Fsp3) is 0.800. The highest BCUT2D eigenvalue weighted by atomic mass is 16.6. The van der Waals surface area contributed by atoms with Crippen molar-refractivity contribution in [2.24, 2.45) is 0 Å². The van der Waals surface area contributed by atoms with E-state index >= 15 is 0 Å². The van der Waals surface area contributed by atoms with Crippen molar-refractivity contribution in [2.75, 3.05) is 19.7 Å². The highest BCUT2D eigenvalue weighted by molar-refractivity contribution is 5.71. The molecule has 50 valence electrons. The molecule has 0 aliphatic carbocycles. The lowest BCUT2D eigenvalue weighted by Crippen LogP contribution is -2.67. The molecule has 4 nitrogen and oxygen atoms in total. The fourth-order valence-corrected chi connectivity index (χ4v) is 1.11. The van der Waals surface area contributed by atoms with E-state index in [9.17, 15) is 4.79 Å². The molecule has 2 saturated heterocycles. The SMILES string of the molecule is O=C1NC2(CNC2)CO1. The monoisotopic (exact) mass is 128 g/mol. The molecule has 0 atom stereocenters. The van der Waals surface area contributed by atoms with E-state index in [2.05, 4.69) is 10.6 Å². The lowest BCUT2D eigenvalue weighted by molar-refractivity contribution is 0.162. The molecule has 9 heavy (non-hydrogen) atoms. The molecule has 2 heterocycles. The predicted octanol–water partition coefficient (Wildman–Crippen LogP) is -0.932. The van der Waals surface area contributed by atoms with Gasteiger partial charge in [-0.2, -0.15) is 0 Å². The average Bonchev–Trinajstić information content (AvgIpc) is 2.09. The minimum atomic E-state index is -0.281. The second kappa shape index (κ2) is 1.39. The number of carbonyl (C=O) groups is 1. The van der Waals surface area contributed by atoms with Crippen LogP contribution in [0.25, 0.3) is 0 Å². The molecule has 0 unspecified atom stereocenters. The molecule has 1 amide bonds. The van der Waals surface area contributed by atoms with E-state index in [1.807, 2.05) is 0 Å². The quantitative estimate of drug-likeness (QED) is 0.443. The third kappa shape index (κ3) is 0.595. The number of cyclic esters (lactones) is 1. The number of hydrogen-bond donors (Lipinski definition) is 2. The van der Waals surface area contributed by atoms with Gasteiger partial charge in [0.25, 0.3) is 0 Å². The Balaban J connectivity index is 2.07. The molecule has 0 bridgehead atoms. The summed E-state index contributed by atoms with van der Waals surface area (Å²) in [6, 6.07) is 0. The van der Waals surface area contributed by atoms with Gasteiger partial charge in [-0.25, -0.2) is 4.79 Å². The van der Waals surface area contributed by atoms with Gasteiger partial charge in [0.15, 0.2) is 0 Å². The molecular formula is C5H8N2O2. The van der Waals surface area contributed by atoms with Crippen LogP contribution in [0.2, 0.25) is 0 Å². The van der Waals surface area contributed by atoms with Crippen LogP contribution in [-0.4, -0.2) is 31.3 Å². The van der Waals surface area contributed by atoms with E-state index in [1.54, 1.807) is 0 Å². The zero-order chi connectivity index (χ0) is 6.32. The highest BCUT2D eigenvalue weighted by Gasteiger charge is 2.44. The summed E-state index contributed by atoms with van der Waals surface area (Å²) in [5.41, 5.74) is -0.0446. The number of carbonyl (C=O) groups excluding carboxylic acids is 1. The Morgan fingerprint density at radius 3 is 2.56 bits per heavy atom. The van der Waals surface area contributed by atoms with E-state index in [-0.39, 0.29) is 11.6 Å². The topological polar surface area (TPSA) is 50.4 Å². The first-order valence-corrected chi connectivity index (χ1v) is 2.96. The number of nitrogens with one attached hydrogen (secondary N) is 2. The molecule has 2 aliphatic heterocycles. The molecule has 1 spiro atoms. The van der Waals surface area contributed by atoms with Crippen molar-refractivity contribution in [3.63, 3.8) is 0 Å². The van der Waals surface area contributed by atoms with Crippen LogP contribution in [0, 0.1) is 0 Å². The number of alkyl carbamates (subject to hydrolysis) is 1. The molecule has 2 fully saturated rings. The van der Waals surface area contributed by atoms with Crippen molar-refractivity contribution in [1.29, 1.82) is 0 Å². The summed E-state index contributed by atoms with van der Waals surface area (Å²) in [5, 5.41) is 5.81. The van der Waals surface area contributed by atoms with E-state index < -0.39 is 0 Å². The van der Waals surface area contributed by atoms with Gasteiger partial charge in [0.1, 0.15) is 12.1 Å². The maximum absolute atomic E-state index is 10.5. The van der Waals surface area contributed by atoms with Gasteiger partial charge < -0.3 is 15.4 Å². The number of amides is 1. The van der Waals surface area contributed by atoms with E-state index in [0.29, 0.717) is 6.61 Å². The largest absolute Gasteiger partial charge is 0.447 e. The molecule has 4 heteroatoms. The molecule has 0 saturated carbocycles. The molecule has 2 N–H and O–H groups in total. The van der Waals surface area contributed by atoms with Crippen LogP contribution in [0.5, 0.6) is 0 Å². The maximum atomic E-state index is 10.5. The summed E-state index contributed by atoms with van der Waals surface area (Å²) in [6.45, 7) is 2.22. The number of rotatable bonds is 0. The van der Waals surface area contributed by atoms with Gasteiger partial charge in [0, 0.05) is 13.1 Å². The summed E-state index contributed by atoms with van der Waals surface area (Å²) in [5.74, 6) is 0. The smallest absolute Gasteiger partial charge is 0.407 e. The summed E-state index contributed by atoms with van der Waals surface area (Å²) in [6.07, 6.45) is -0.281. The van der Waals surface area contributed by atoms with Gasteiger partial charge in [-0.05, 0) is 0 Å². The van der Waals surface area contributed by atoms with Crippen molar-refractivity contribution in [2.45, 2.75) is 5.54 Å². The van der Waals surface area contributed by atoms with Crippen LogP contribution >= 0.6 is 0 Å². The van der Waals surface area contributed by atoms with E-state index in [0.717, 1.165) is 13.1 Å². The van der Waals surface area contributed by atoms with Gasteiger partial charge in [-0.1, -0.05) is 0 Å². The summed E-state index contributed by atoms with van der Waals surface area (Å²) in [4.78, 5) is 10.5. The third-order valence-electron chi connectivity index (χ3n) is 1.77. The second-order valence-corrected chi connectivity index (χ2v) is 2.59. The molecule has 2 aliphatic rings. The van der Waals surface area contributed by atoms with Crippen LogP contribution in [-0.2, 0) is 4.74 Å². The maximum Gasteiger partial charge on any atom is 0.407 e. The van der Waals surface area contributed by atoms with Crippen molar-refractivity contribution in [3.8, 4) is 0 Å². The van der Waals surface area contributed by atoms with Crippen LogP contribution in [0.4, 0.5) is 4.79 Å². The standard InChI is InChI=1S/C5H8N2O2/c8-4-7-5(3-9-4)1-6-2-5/h6H,1-3H2,(H,7,8). The van der Waals surface area contributed by atoms with Gasteiger partial charge in [-0.15, -0.1) is 0 Å². The Hall–Kier alpha value is -0.770. The highest BCUT2D eigenvalue weighted by Crippen LogP contribution is 2.16. The van der Waals surface area contributed by atoms with Crippen LogP contribution in [0.15, 0.2) is 0 Å². The first-order valence-electron chi connectivity index (χ1n) is 2.96. The van der Waals surface area contributed by atoms with Crippen molar-refractivity contribution in [3.05, 3.63) is 0 Å². The second-order valence-electron chi connectivity index (χ2n) is 2.59. The van der Waals surface area contributed by atoms with Crippen LogP contribution in [0.3, 0.4) is 0 Å².